The fraction of sp³-hybridized carbons (Fsp3) is 0.458. The fourth-order valence-corrected chi connectivity index (χ4v) is 4.79. The maximum Gasteiger partial charge on any atom is 0.410 e. The molecular weight excluding hydrogens is 488 g/mol. The number of hydrogen-bond acceptors (Lipinski definition) is 6. The number of fused-ring (bicyclic) bond motifs is 1. The van der Waals surface area contributed by atoms with Gasteiger partial charge in [-0.1, -0.05) is 28.1 Å². The van der Waals surface area contributed by atoms with Crippen molar-refractivity contribution in [2.75, 3.05) is 25.0 Å². The molecule has 1 aromatic carbocycles. The third-order valence-corrected chi connectivity index (χ3v) is 6.75. The predicted octanol–water partition coefficient (Wildman–Crippen LogP) is 6.14. The van der Waals surface area contributed by atoms with Gasteiger partial charge in [-0.05, 0) is 64.3 Å². The molecule has 0 saturated carbocycles. The average molecular weight is 517 g/mol. The first-order valence-corrected chi connectivity index (χ1v) is 12.5. The zero-order valence-electron chi connectivity index (χ0n) is 18.9. The Hall–Kier alpha value is -2.19. The summed E-state index contributed by atoms with van der Waals surface area (Å²) >= 11 is 5.17. The molecule has 3 heterocycles. The van der Waals surface area contributed by atoms with Crippen LogP contribution >= 0.6 is 27.3 Å². The van der Waals surface area contributed by atoms with Crippen molar-refractivity contribution in [3.63, 3.8) is 0 Å². The van der Waals surface area contributed by atoms with Crippen molar-refractivity contribution in [2.45, 2.75) is 52.1 Å². The second kappa shape index (κ2) is 9.35. The minimum Gasteiger partial charge on any atom is -0.444 e. The number of likely N-dealkylation sites (tertiary alicyclic amines) is 1. The number of nitrogens with one attached hydrogen (secondary N) is 1. The minimum absolute atomic E-state index is 0.137. The van der Waals surface area contributed by atoms with Gasteiger partial charge in [0.1, 0.15) is 22.1 Å². The second-order valence-corrected chi connectivity index (χ2v) is 11.4. The molecule has 1 aliphatic rings. The highest BCUT2D eigenvalue weighted by Gasteiger charge is 2.36. The summed E-state index contributed by atoms with van der Waals surface area (Å²) < 4.78 is 6.57. The smallest absolute Gasteiger partial charge is 0.410 e. The molecule has 6 nitrogen and oxygen atoms in total. The SMILES string of the molecule is Cc1cc2c(NCCCc3ccc(Br)cc3)nc(C3CN(C(=O)OC(C)(C)C)C3)nc2s1. The fourth-order valence-electron chi connectivity index (χ4n) is 3.64. The first-order valence-electron chi connectivity index (χ1n) is 10.9. The number of aromatic nitrogens is 2. The maximum absolute atomic E-state index is 12.3. The van der Waals surface area contributed by atoms with Crippen molar-refractivity contribution in [1.82, 2.24) is 14.9 Å². The van der Waals surface area contributed by atoms with E-state index in [2.05, 4.69) is 58.5 Å². The molecule has 0 radical (unpaired) electrons. The molecule has 2 aromatic heterocycles. The van der Waals surface area contributed by atoms with Crippen LogP contribution in [-0.2, 0) is 11.2 Å². The van der Waals surface area contributed by atoms with E-state index in [1.165, 1.54) is 10.4 Å². The van der Waals surface area contributed by atoms with E-state index in [9.17, 15) is 4.79 Å². The number of rotatable bonds is 6. The van der Waals surface area contributed by atoms with Crippen molar-refractivity contribution >= 4 is 49.4 Å². The Bertz CT molecular complexity index is 1100. The molecular formula is C24H29BrN4O2S. The molecule has 0 spiro atoms. The summed E-state index contributed by atoms with van der Waals surface area (Å²) in [7, 11) is 0. The third-order valence-electron chi connectivity index (χ3n) is 5.28. The van der Waals surface area contributed by atoms with Crippen LogP contribution in [0.2, 0.25) is 0 Å². The molecule has 0 unspecified atom stereocenters. The van der Waals surface area contributed by atoms with Gasteiger partial charge in [0.15, 0.2) is 0 Å². The van der Waals surface area contributed by atoms with Crippen molar-refractivity contribution in [2.24, 2.45) is 0 Å². The number of aryl methyl sites for hydroxylation is 2. The highest BCUT2D eigenvalue weighted by Crippen LogP contribution is 2.33. The Morgan fingerprint density at radius 3 is 2.66 bits per heavy atom. The van der Waals surface area contributed by atoms with Gasteiger partial charge in [-0.2, -0.15) is 0 Å². The molecule has 32 heavy (non-hydrogen) atoms. The first-order chi connectivity index (χ1) is 15.2. The van der Waals surface area contributed by atoms with Crippen LogP contribution in [0.3, 0.4) is 0 Å². The summed E-state index contributed by atoms with van der Waals surface area (Å²) in [5.74, 6) is 1.83. The minimum atomic E-state index is -0.487. The normalized spacial score (nSPS) is 14.5. The van der Waals surface area contributed by atoms with E-state index in [1.807, 2.05) is 20.8 Å². The highest BCUT2D eigenvalue weighted by molar-refractivity contribution is 9.10. The van der Waals surface area contributed by atoms with E-state index in [1.54, 1.807) is 16.2 Å². The Labute approximate surface area is 201 Å². The van der Waals surface area contributed by atoms with Gasteiger partial charge in [0, 0.05) is 29.0 Å². The summed E-state index contributed by atoms with van der Waals surface area (Å²) in [6.07, 6.45) is 1.76. The van der Waals surface area contributed by atoms with Gasteiger partial charge in [0.25, 0.3) is 0 Å². The van der Waals surface area contributed by atoms with E-state index in [0.717, 1.165) is 45.7 Å². The van der Waals surface area contributed by atoms with Crippen LogP contribution in [0.25, 0.3) is 10.2 Å². The molecule has 8 heteroatoms. The summed E-state index contributed by atoms with van der Waals surface area (Å²) in [5.41, 5.74) is 0.839. The number of thiophene rings is 1. The maximum atomic E-state index is 12.3. The van der Waals surface area contributed by atoms with Gasteiger partial charge in [-0.25, -0.2) is 14.8 Å². The Morgan fingerprint density at radius 1 is 1.25 bits per heavy atom. The Morgan fingerprint density at radius 2 is 1.97 bits per heavy atom. The van der Waals surface area contributed by atoms with Crippen LogP contribution in [0.1, 0.15) is 49.4 Å². The van der Waals surface area contributed by atoms with Crippen LogP contribution in [0, 0.1) is 6.92 Å². The highest BCUT2D eigenvalue weighted by atomic mass is 79.9. The summed E-state index contributed by atoms with van der Waals surface area (Å²) in [6.45, 7) is 9.76. The number of amides is 1. The van der Waals surface area contributed by atoms with E-state index >= 15 is 0 Å². The van der Waals surface area contributed by atoms with Crippen LogP contribution in [-0.4, -0.2) is 46.2 Å². The van der Waals surface area contributed by atoms with Crippen LogP contribution in [0.4, 0.5) is 10.6 Å². The number of nitrogens with zero attached hydrogens (tertiary/aromatic N) is 3. The quantitative estimate of drug-likeness (QED) is 0.398. The largest absolute Gasteiger partial charge is 0.444 e. The average Bonchev–Trinajstić information content (AvgIpc) is 3.04. The molecule has 4 rings (SSSR count). The number of ether oxygens (including phenoxy) is 1. The molecule has 1 saturated heterocycles. The number of hydrogen-bond donors (Lipinski definition) is 1. The van der Waals surface area contributed by atoms with Gasteiger partial charge in [0.2, 0.25) is 0 Å². The standard InChI is InChI=1S/C24H29BrN4O2S/c1-15-12-19-21(26-11-5-6-16-7-9-18(25)10-8-16)27-20(28-22(19)32-15)17-13-29(14-17)23(30)31-24(2,3)4/h7-10,12,17H,5-6,11,13-14H2,1-4H3,(H,26,27,28). The molecule has 3 aromatic rings. The number of carbonyl (C=O) groups is 1. The van der Waals surface area contributed by atoms with Gasteiger partial charge >= 0.3 is 6.09 Å². The van der Waals surface area contributed by atoms with Crippen LogP contribution in [0.15, 0.2) is 34.8 Å². The van der Waals surface area contributed by atoms with E-state index < -0.39 is 5.60 Å². The van der Waals surface area contributed by atoms with E-state index in [0.29, 0.717) is 13.1 Å². The number of benzene rings is 1. The summed E-state index contributed by atoms with van der Waals surface area (Å²) in [6, 6.07) is 10.6. The zero-order chi connectivity index (χ0) is 22.9. The van der Waals surface area contributed by atoms with Crippen LogP contribution in [0.5, 0.6) is 0 Å². The van der Waals surface area contributed by atoms with Crippen LogP contribution < -0.4 is 5.32 Å². The second-order valence-electron chi connectivity index (χ2n) is 9.25. The van der Waals surface area contributed by atoms with Crippen molar-refractivity contribution in [3.05, 3.63) is 51.1 Å². The van der Waals surface area contributed by atoms with Crippen molar-refractivity contribution in [1.29, 1.82) is 0 Å². The number of carbonyl (C=O) groups excluding carboxylic acids is 1. The van der Waals surface area contributed by atoms with Gasteiger partial charge < -0.3 is 15.0 Å². The van der Waals surface area contributed by atoms with Crippen molar-refractivity contribution in [3.8, 4) is 0 Å². The number of halogens is 1. The number of anilines is 1. The molecule has 0 bridgehead atoms. The lowest BCUT2D eigenvalue weighted by Gasteiger charge is -2.38. The van der Waals surface area contributed by atoms with E-state index in [4.69, 9.17) is 14.7 Å². The topological polar surface area (TPSA) is 67.4 Å². The molecule has 1 amide bonds. The third kappa shape index (κ3) is 5.59. The molecule has 1 fully saturated rings. The van der Waals surface area contributed by atoms with Crippen molar-refractivity contribution < 1.29 is 9.53 Å². The molecule has 170 valence electrons. The lowest BCUT2D eigenvalue weighted by molar-refractivity contribution is 0.00756. The summed E-state index contributed by atoms with van der Waals surface area (Å²) in [5, 5.41) is 4.60. The molecule has 1 N–H and O–H groups in total. The van der Waals surface area contributed by atoms with Gasteiger partial charge in [-0.3, -0.25) is 0 Å². The lowest BCUT2D eigenvalue weighted by atomic mass is 10.00. The Balaban J connectivity index is 1.40. The Kier molecular flexibility index (Phi) is 6.72. The monoisotopic (exact) mass is 516 g/mol. The summed E-state index contributed by atoms with van der Waals surface area (Å²) in [4.78, 5) is 25.9. The van der Waals surface area contributed by atoms with Gasteiger partial charge in [0.05, 0.1) is 11.3 Å². The first kappa shape index (κ1) is 23.0. The van der Waals surface area contributed by atoms with Gasteiger partial charge in [-0.15, -0.1) is 11.3 Å². The zero-order valence-corrected chi connectivity index (χ0v) is 21.3. The predicted molar refractivity (Wildman–Crippen MR) is 134 cm³/mol. The van der Waals surface area contributed by atoms with E-state index in [-0.39, 0.29) is 12.0 Å². The molecule has 0 atom stereocenters. The molecule has 1 aliphatic heterocycles. The lowest BCUT2D eigenvalue weighted by Crippen LogP contribution is -2.50. The molecule has 0 aliphatic carbocycles.